The molecule has 27 heavy (non-hydrogen) atoms. The van der Waals surface area contributed by atoms with Crippen LogP contribution < -0.4 is 4.70 Å². The van der Waals surface area contributed by atoms with Crippen molar-refractivity contribution in [1.82, 2.24) is 0 Å². The third-order valence-corrected chi connectivity index (χ3v) is 5.28. The van der Waals surface area contributed by atoms with E-state index in [9.17, 15) is 19.2 Å². The molecule has 0 radical (unpaired) electrons. The molecule has 1 unspecified atom stereocenters. The predicted molar refractivity (Wildman–Crippen MR) is 98.6 cm³/mol. The van der Waals surface area contributed by atoms with E-state index < -0.39 is 20.3 Å². The van der Waals surface area contributed by atoms with Crippen LogP contribution in [0, 0.1) is 0 Å². The summed E-state index contributed by atoms with van der Waals surface area (Å²) >= 11 is -9.19. The summed E-state index contributed by atoms with van der Waals surface area (Å²) in [6, 6.07) is 22.7. The Kier molecular flexibility index (Phi) is 7.93. The Morgan fingerprint density at radius 3 is 1.89 bits per heavy atom. The van der Waals surface area contributed by atoms with Crippen molar-refractivity contribution in [3.63, 3.8) is 0 Å². The monoisotopic (exact) mass is 516 g/mol. The summed E-state index contributed by atoms with van der Waals surface area (Å²) in [5, 5.41) is 11.9. The van der Waals surface area contributed by atoms with E-state index in [0.29, 0.717) is 5.75 Å². The van der Waals surface area contributed by atoms with Crippen molar-refractivity contribution in [3.8, 4) is 5.75 Å². The first-order chi connectivity index (χ1) is 12.0. The molecule has 0 saturated heterocycles. The molecular weight excluding hydrogens is 500 g/mol. The Balaban J connectivity index is 0.000000456. The fourth-order valence-corrected chi connectivity index (χ4v) is 3.79. The first-order valence-corrected chi connectivity index (χ1v) is 14.1. The Hall–Kier alpha value is -1.53. The van der Waals surface area contributed by atoms with Crippen molar-refractivity contribution >= 4 is 42.0 Å². The zero-order valence-electron chi connectivity index (χ0n) is 14.1. The normalized spacial score (nSPS) is 13.5. The zero-order valence-corrected chi connectivity index (χ0v) is 17.5. The summed E-state index contributed by atoms with van der Waals surface area (Å²) in [5.41, 5.74) is 1.36. The topological polar surface area (TPSA) is 20.2 Å². The number of aromatic hydroxyl groups is 1. The van der Waals surface area contributed by atoms with Crippen molar-refractivity contribution in [2.45, 2.75) is 10.6 Å². The fourth-order valence-electron chi connectivity index (χ4n) is 2.34. The van der Waals surface area contributed by atoms with Crippen LogP contribution >= 0.6 is 0 Å². The number of benzene rings is 3. The van der Waals surface area contributed by atoms with E-state index in [2.05, 4.69) is 48.7 Å². The van der Waals surface area contributed by atoms with Crippen molar-refractivity contribution in [3.05, 3.63) is 72.3 Å². The predicted octanol–water partition coefficient (Wildman–Crippen LogP) is 3.08. The molecule has 1 nitrogen and oxygen atoms in total. The third kappa shape index (κ3) is 9.29. The van der Waals surface area contributed by atoms with Gasteiger partial charge in [-0.2, -0.15) is 0 Å². The van der Waals surface area contributed by atoms with Crippen molar-refractivity contribution in [2.75, 3.05) is 6.26 Å². The number of phenolic OH excluding ortho intramolecular Hbond substituents is 1. The molecule has 148 valence electrons. The minimum atomic E-state index is -9.19. The van der Waals surface area contributed by atoms with Gasteiger partial charge in [-0.05, 0) is 41.1 Å². The van der Waals surface area contributed by atoms with Gasteiger partial charge in [-0.15, -0.1) is 0 Å². The van der Waals surface area contributed by atoms with Gasteiger partial charge in [0.1, 0.15) is 17.8 Å². The average molecular weight is 517 g/mol. The third-order valence-electron chi connectivity index (χ3n) is 3.44. The van der Waals surface area contributed by atoms with E-state index in [-0.39, 0.29) is 15.6 Å². The molecule has 0 fully saturated rings. The number of fused-ring (bicyclic) bond motifs is 1. The van der Waals surface area contributed by atoms with Crippen molar-refractivity contribution in [2.24, 2.45) is 0 Å². The van der Waals surface area contributed by atoms with E-state index >= 15 is 0 Å². The van der Waals surface area contributed by atoms with Gasteiger partial charge in [-0.3, -0.25) is 0 Å². The van der Waals surface area contributed by atoms with Crippen LogP contribution in [0.1, 0.15) is 5.56 Å². The molecule has 0 heterocycles. The summed E-state index contributed by atoms with van der Waals surface area (Å²) in [5.74, 6) is 1.37. The number of halogens is 6. The minimum absolute atomic E-state index is 0. The van der Waals surface area contributed by atoms with Gasteiger partial charge in [0.05, 0.1) is 0 Å². The molecule has 1 atom stereocenters. The van der Waals surface area contributed by atoms with Gasteiger partial charge in [0.2, 0.25) is 0 Å². The van der Waals surface area contributed by atoms with E-state index in [4.69, 9.17) is 0 Å². The van der Waals surface area contributed by atoms with Crippen LogP contribution in [0.5, 0.6) is 5.75 Å². The molecule has 0 aliphatic heterocycles. The zero-order chi connectivity index (χ0) is 19.4. The Labute approximate surface area is 160 Å². The molecule has 0 aromatic heterocycles. The van der Waals surface area contributed by atoms with Crippen LogP contribution in [0.3, 0.4) is 0 Å². The second-order valence-electron chi connectivity index (χ2n) is 5.60. The summed E-state index contributed by atoms with van der Waals surface area (Å²) in [6.45, 7) is 0. The summed E-state index contributed by atoms with van der Waals surface area (Å²) in [6.07, 6.45) is 2.25. The van der Waals surface area contributed by atoms with E-state index in [1.807, 2.05) is 12.1 Å². The van der Waals surface area contributed by atoms with Gasteiger partial charge in [0.25, 0.3) is 0 Å². The van der Waals surface area contributed by atoms with E-state index in [0.717, 1.165) is 5.75 Å². The maximum atomic E-state index is 9.91. The molecule has 3 aromatic rings. The van der Waals surface area contributed by atoms with E-state index in [1.54, 1.807) is 12.1 Å². The molecule has 0 aliphatic rings. The molecular formula is C18H17F6OSSb. The Bertz CT molecular complexity index is 863. The Morgan fingerprint density at radius 1 is 0.815 bits per heavy atom. The fraction of sp³-hybridized carbons (Fsp3) is 0.111. The van der Waals surface area contributed by atoms with Crippen LogP contribution in [0.15, 0.2) is 71.6 Å². The molecule has 3 aromatic carbocycles. The van der Waals surface area contributed by atoms with Gasteiger partial charge in [0.15, 0.2) is 4.90 Å². The first kappa shape index (κ1) is 23.5. The number of hydrogen-bond acceptors (Lipinski definition) is 1. The Morgan fingerprint density at radius 2 is 1.33 bits per heavy atom. The second-order valence-corrected chi connectivity index (χ2v) is 11.3. The molecule has 9 heteroatoms. The summed E-state index contributed by atoms with van der Waals surface area (Å²) in [7, 11) is 0.153. The van der Waals surface area contributed by atoms with Crippen LogP contribution in [0.2, 0.25) is 0 Å². The quantitative estimate of drug-likeness (QED) is 0.322. The maximum absolute atomic E-state index is 9.91. The van der Waals surface area contributed by atoms with Crippen molar-refractivity contribution < 1.29 is 23.9 Å². The number of hydrogen-bond donors (Lipinski definition) is 1. The number of phenols is 1. The second kappa shape index (κ2) is 9.11. The SMILES string of the molecule is C[S+](Cc1ccc2ccccc2c1)c1ccc(O)cc1.[F-].[F][Sb]([F])([F])([F])[F]. The molecule has 0 amide bonds. The van der Waals surface area contributed by atoms with Gasteiger partial charge in [0, 0.05) is 16.5 Å². The molecule has 1 N–H and O–H groups in total. The molecule has 0 aliphatic carbocycles. The van der Waals surface area contributed by atoms with Crippen LogP contribution in [-0.2, 0) is 16.6 Å². The van der Waals surface area contributed by atoms with Gasteiger partial charge in [-0.1, -0.05) is 36.4 Å². The van der Waals surface area contributed by atoms with Crippen LogP contribution in [0.25, 0.3) is 10.8 Å². The van der Waals surface area contributed by atoms with Crippen LogP contribution in [0.4, 0.5) is 14.1 Å². The molecule has 0 saturated carbocycles. The van der Waals surface area contributed by atoms with E-state index in [1.165, 1.54) is 21.2 Å². The van der Waals surface area contributed by atoms with Gasteiger partial charge < -0.3 is 9.81 Å². The van der Waals surface area contributed by atoms with Crippen LogP contribution in [-0.4, -0.2) is 31.7 Å². The van der Waals surface area contributed by atoms with Gasteiger partial charge in [-0.25, -0.2) is 0 Å². The summed E-state index contributed by atoms with van der Waals surface area (Å²) in [4.78, 5) is 1.29. The average Bonchev–Trinajstić information content (AvgIpc) is 2.53. The standard InChI is InChI=1S/C18H16OS.6FH.Sb/c1-20(18-10-8-17(19)9-11-18)13-14-6-7-15-4-2-3-5-16(15)12-14;;;;;;;/h2-12H,13H2,1H3;6*1H;/q;;;;;;;+5/p-5. The molecule has 0 bridgehead atoms. The summed E-state index contributed by atoms with van der Waals surface area (Å²) < 4.78 is 49.6. The first-order valence-electron chi connectivity index (χ1n) is 7.46. The van der Waals surface area contributed by atoms with Crippen molar-refractivity contribution in [1.29, 1.82) is 0 Å². The van der Waals surface area contributed by atoms with Gasteiger partial charge >= 0.3 is 34.4 Å². The molecule has 3 rings (SSSR count). The molecule has 0 spiro atoms. The number of rotatable bonds is 3.